The number of hydrogen-bond donors (Lipinski definition) is 1. The quantitative estimate of drug-likeness (QED) is 0.616. The highest BCUT2D eigenvalue weighted by Gasteiger charge is 2.25. The fourth-order valence-electron chi connectivity index (χ4n) is 3.00. The Bertz CT molecular complexity index is 960. The van der Waals surface area contributed by atoms with E-state index in [1.807, 2.05) is 31.2 Å². The van der Waals surface area contributed by atoms with Crippen LogP contribution in [0.1, 0.15) is 24.9 Å². The second-order valence-electron chi connectivity index (χ2n) is 6.61. The minimum atomic E-state index is -3.75. The van der Waals surface area contributed by atoms with Crippen molar-refractivity contribution in [2.24, 2.45) is 0 Å². The fourth-order valence-corrected chi connectivity index (χ4v) is 3.86. The maximum atomic E-state index is 12.8. The van der Waals surface area contributed by atoms with E-state index >= 15 is 0 Å². The molecule has 0 radical (unpaired) electrons. The molecule has 0 saturated carbocycles. The van der Waals surface area contributed by atoms with Crippen LogP contribution >= 0.6 is 0 Å². The third-order valence-corrected chi connectivity index (χ3v) is 5.73. The van der Waals surface area contributed by atoms with Gasteiger partial charge in [0.25, 0.3) is 0 Å². The van der Waals surface area contributed by atoms with Crippen LogP contribution in [0.25, 0.3) is 0 Å². The summed E-state index contributed by atoms with van der Waals surface area (Å²) in [5.74, 6) is 1.09. The molecule has 1 atom stereocenters. The Morgan fingerprint density at radius 2 is 1.60 bits per heavy atom. The molecule has 30 heavy (non-hydrogen) atoms. The van der Waals surface area contributed by atoms with Crippen molar-refractivity contribution in [2.45, 2.75) is 19.4 Å². The Hall–Kier alpha value is -2.94. The average Bonchev–Trinajstić information content (AvgIpc) is 2.74. The van der Waals surface area contributed by atoms with Gasteiger partial charge in [-0.2, -0.15) is 0 Å². The lowest BCUT2D eigenvalue weighted by Crippen LogP contribution is -2.41. The van der Waals surface area contributed by atoms with E-state index in [0.717, 1.165) is 21.9 Å². The molecule has 1 unspecified atom stereocenters. The molecule has 1 N–H and O–H groups in total. The predicted molar refractivity (Wildman–Crippen MR) is 116 cm³/mol. The lowest BCUT2D eigenvalue weighted by molar-refractivity contribution is -0.120. The maximum Gasteiger partial charge on any atom is 0.241 e. The molecule has 0 aliphatic carbocycles. The van der Waals surface area contributed by atoms with Crippen molar-refractivity contribution < 1.29 is 27.4 Å². The van der Waals surface area contributed by atoms with E-state index in [1.165, 1.54) is 14.2 Å². The van der Waals surface area contributed by atoms with Gasteiger partial charge >= 0.3 is 0 Å². The van der Waals surface area contributed by atoms with Gasteiger partial charge in [-0.1, -0.05) is 19.1 Å². The van der Waals surface area contributed by atoms with Gasteiger partial charge < -0.3 is 19.5 Å². The molecule has 1 amide bonds. The van der Waals surface area contributed by atoms with E-state index in [4.69, 9.17) is 14.2 Å². The molecule has 0 aliphatic rings. The average molecular weight is 437 g/mol. The van der Waals surface area contributed by atoms with Gasteiger partial charge in [0, 0.05) is 6.07 Å². The van der Waals surface area contributed by atoms with Crippen molar-refractivity contribution >= 4 is 21.6 Å². The molecule has 2 aromatic rings. The van der Waals surface area contributed by atoms with Gasteiger partial charge in [0.2, 0.25) is 15.9 Å². The molecule has 164 valence electrons. The van der Waals surface area contributed by atoms with E-state index in [1.54, 1.807) is 25.3 Å². The van der Waals surface area contributed by atoms with Crippen LogP contribution in [-0.4, -0.2) is 48.5 Å². The van der Waals surface area contributed by atoms with E-state index in [2.05, 4.69) is 5.32 Å². The minimum absolute atomic E-state index is 0.258. The van der Waals surface area contributed by atoms with Gasteiger partial charge in [-0.05, 0) is 36.2 Å². The SMILES string of the molecule is CCC(NC(=O)CN(c1ccc(OC)cc1OC)S(C)(=O)=O)c1ccc(OC)cc1. The molecule has 8 nitrogen and oxygen atoms in total. The standard InChI is InChI=1S/C21H28N2O6S/c1-6-18(15-7-9-16(27-2)10-8-15)22-21(24)14-23(30(5,25)26)19-12-11-17(28-3)13-20(19)29-4/h7-13,18H,6,14H2,1-5H3,(H,22,24). The number of nitrogens with one attached hydrogen (secondary N) is 1. The Morgan fingerprint density at radius 3 is 2.10 bits per heavy atom. The van der Waals surface area contributed by atoms with Crippen molar-refractivity contribution in [3.05, 3.63) is 48.0 Å². The number of carbonyl (C=O) groups is 1. The summed E-state index contributed by atoms with van der Waals surface area (Å²) in [6, 6.07) is 11.8. The Morgan fingerprint density at radius 1 is 1.00 bits per heavy atom. The zero-order valence-corrected chi connectivity index (χ0v) is 18.7. The first-order valence-corrected chi connectivity index (χ1v) is 11.2. The number of sulfonamides is 1. The van der Waals surface area contributed by atoms with Crippen molar-refractivity contribution in [2.75, 3.05) is 38.4 Å². The van der Waals surface area contributed by atoms with Gasteiger partial charge in [-0.15, -0.1) is 0 Å². The highest BCUT2D eigenvalue weighted by Crippen LogP contribution is 2.33. The number of hydrogen-bond acceptors (Lipinski definition) is 6. The zero-order valence-electron chi connectivity index (χ0n) is 17.8. The molecule has 2 rings (SSSR count). The molecule has 0 aromatic heterocycles. The summed E-state index contributed by atoms with van der Waals surface area (Å²) in [6.07, 6.45) is 1.69. The molecule has 9 heteroatoms. The number of ether oxygens (including phenoxy) is 3. The zero-order chi connectivity index (χ0) is 22.3. The van der Waals surface area contributed by atoms with Crippen LogP contribution in [0.15, 0.2) is 42.5 Å². The lowest BCUT2D eigenvalue weighted by Gasteiger charge is -2.25. The first-order valence-electron chi connectivity index (χ1n) is 9.36. The molecule has 0 fully saturated rings. The highest BCUT2D eigenvalue weighted by molar-refractivity contribution is 7.92. The second kappa shape index (κ2) is 10.2. The minimum Gasteiger partial charge on any atom is -0.497 e. The van der Waals surface area contributed by atoms with Gasteiger partial charge in [-0.25, -0.2) is 8.42 Å². The molecule has 0 bridgehead atoms. The van der Waals surface area contributed by atoms with Gasteiger partial charge in [0.05, 0.1) is 39.3 Å². The maximum absolute atomic E-state index is 12.8. The van der Waals surface area contributed by atoms with E-state index in [0.29, 0.717) is 12.2 Å². The monoisotopic (exact) mass is 436 g/mol. The van der Waals surface area contributed by atoms with Crippen LogP contribution in [0.4, 0.5) is 5.69 Å². The molecular weight excluding hydrogens is 408 g/mol. The van der Waals surface area contributed by atoms with Crippen molar-refractivity contribution in [1.29, 1.82) is 0 Å². The molecule has 0 saturated heterocycles. The lowest BCUT2D eigenvalue weighted by atomic mass is 10.0. The van der Waals surface area contributed by atoms with Crippen LogP contribution in [0.2, 0.25) is 0 Å². The third-order valence-electron chi connectivity index (χ3n) is 4.60. The first-order chi connectivity index (χ1) is 14.2. The van der Waals surface area contributed by atoms with Crippen molar-refractivity contribution in [3.8, 4) is 17.2 Å². The van der Waals surface area contributed by atoms with E-state index in [-0.39, 0.29) is 24.0 Å². The number of anilines is 1. The number of amides is 1. The van der Waals surface area contributed by atoms with Gasteiger partial charge in [-0.3, -0.25) is 9.10 Å². The second-order valence-corrected chi connectivity index (χ2v) is 8.52. The predicted octanol–water partition coefficient (Wildman–Crippen LogP) is 2.75. The van der Waals surface area contributed by atoms with Crippen LogP contribution < -0.4 is 23.8 Å². The van der Waals surface area contributed by atoms with Gasteiger partial charge in [0.15, 0.2) is 0 Å². The number of carbonyl (C=O) groups excluding carboxylic acids is 1. The Balaban J connectivity index is 2.25. The smallest absolute Gasteiger partial charge is 0.241 e. The number of benzene rings is 2. The van der Waals surface area contributed by atoms with Crippen molar-refractivity contribution in [1.82, 2.24) is 5.32 Å². The largest absolute Gasteiger partial charge is 0.497 e. The molecule has 2 aromatic carbocycles. The topological polar surface area (TPSA) is 94.2 Å². The molecule has 0 aliphatic heterocycles. The fraction of sp³-hybridized carbons (Fsp3) is 0.381. The molecule has 0 spiro atoms. The number of nitrogens with zero attached hydrogens (tertiary/aromatic N) is 1. The Kier molecular flexibility index (Phi) is 7.93. The summed E-state index contributed by atoms with van der Waals surface area (Å²) in [7, 11) is 0.765. The summed E-state index contributed by atoms with van der Waals surface area (Å²) < 4.78 is 41.5. The molecule has 0 heterocycles. The summed E-state index contributed by atoms with van der Waals surface area (Å²) >= 11 is 0. The van der Waals surface area contributed by atoms with Crippen LogP contribution in [0.3, 0.4) is 0 Å². The Labute approximate surface area is 177 Å². The van der Waals surface area contributed by atoms with Gasteiger partial charge in [0.1, 0.15) is 23.8 Å². The first kappa shape index (κ1) is 23.3. The van der Waals surface area contributed by atoms with Crippen LogP contribution in [0, 0.1) is 0 Å². The van der Waals surface area contributed by atoms with Crippen LogP contribution in [0.5, 0.6) is 17.2 Å². The van der Waals surface area contributed by atoms with E-state index < -0.39 is 15.9 Å². The van der Waals surface area contributed by atoms with E-state index in [9.17, 15) is 13.2 Å². The summed E-state index contributed by atoms with van der Waals surface area (Å²) in [6.45, 7) is 1.56. The highest BCUT2D eigenvalue weighted by atomic mass is 32.2. The number of rotatable bonds is 10. The van der Waals surface area contributed by atoms with Crippen LogP contribution in [-0.2, 0) is 14.8 Å². The summed E-state index contributed by atoms with van der Waals surface area (Å²) in [4.78, 5) is 12.8. The third kappa shape index (κ3) is 5.79. The summed E-state index contributed by atoms with van der Waals surface area (Å²) in [5.41, 5.74) is 1.16. The summed E-state index contributed by atoms with van der Waals surface area (Å²) in [5, 5.41) is 2.90. The molecular formula is C21H28N2O6S. The number of methoxy groups -OCH3 is 3. The van der Waals surface area contributed by atoms with Crippen molar-refractivity contribution in [3.63, 3.8) is 0 Å². The normalized spacial score (nSPS) is 12.0.